The van der Waals surface area contributed by atoms with Gasteiger partial charge in [0, 0.05) is 0 Å². The molecule has 0 aliphatic rings. The second-order valence-electron chi connectivity index (χ2n) is 0. The van der Waals surface area contributed by atoms with E-state index in [1.165, 1.54) is 0 Å². The molecule has 0 amide bonds. The maximum Gasteiger partial charge on any atom is 1.00 e. The van der Waals surface area contributed by atoms with Gasteiger partial charge in [0.25, 0.3) is 0 Å². The van der Waals surface area contributed by atoms with Crippen molar-refractivity contribution < 1.29 is 72.9 Å². The Morgan fingerprint density at radius 2 is 0.800 bits per heavy atom. The molecule has 4 N–H and O–H groups in total. The van der Waals surface area contributed by atoms with Crippen LogP contribution in [0, 0.1) is 0 Å². The van der Waals surface area contributed by atoms with Crippen molar-refractivity contribution in [3.8, 4) is 0 Å². The van der Waals surface area contributed by atoms with Crippen molar-refractivity contribution in [1.29, 1.82) is 0 Å². The Morgan fingerprint density at radius 3 is 0.800 bits per heavy atom. The average molecular weight is 162 g/mol. The molecule has 2 nitrogen and oxygen atoms in total. The van der Waals surface area contributed by atoms with Crippen molar-refractivity contribution >= 4 is 18.0 Å². The number of hydrogen-bond donors (Lipinski definition) is 0. The fourth-order valence-corrected chi connectivity index (χ4v) is 0. The maximum absolute atomic E-state index is 0. The molecule has 0 saturated carbocycles. The molecule has 0 bridgehead atoms. The summed E-state index contributed by atoms with van der Waals surface area (Å²) in [6.07, 6.45) is 0. The summed E-state index contributed by atoms with van der Waals surface area (Å²) >= 11 is 0. The summed E-state index contributed by atoms with van der Waals surface area (Å²) in [5, 5.41) is 0. The molecule has 0 aromatic rings. The van der Waals surface area contributed by atoms with Crippen LogP contribution in [0.1, 0.15) is 2.85 Å². The van der Waals surface area contributed by atoms with Gasteiger partial charge in [-0.3, -0.25) is 0 Å². The standard InChI is InChI=1S/AsH3.2Na.2H2O.2H/h1H3;;;2*1H2;;/q;2*+1;;;2*-1. The second kappa shape index (κ2) is 31.7. The predicted molar refractivity (Wildman–Crippen MR) is 19.4 cm³/mol. The third-order valence-corrected chi connectivity index (χ3v) is 0. The van der Waals surface area contributed by atoms with Crippen LogP contribution in [0.2, 0.25) is 0 Å². The zero-order valence-electron chi connectivity index (χ0n) is 5.71. The topological polar surface area (TPSA) is 63.0 Å². The molecule has 0 saturated heterocycles. The summed E-state index contributed by atoms with van der Waals surface area (Å²) in [4.78, 5) is 0. The molecule has 0 aliphatic heterocycles. The summed E-state index contributed by atoms with van der Waals surface area (Å²) < 4.78 is 0. The predicted octanol–water partition coefficient (Wildman–Crippen LogP) is -8.60. The molecule has 0 fully saturated rings. The molecule has 5 heteroatoms. The zero-order valence-corrected chi connectivity index (χ0v) is 10.7. The molecule has 28 valence electrons. The van der Waals surface area contributed by atoms with Gasteiger partial charge in [-0.25, -0.2) is 0 Å². The van der Waals surface area contributed by atoms with Gasteiger partial charge in [0.1, 0.15) is 0 Å². The number of hydrogen-bond acceptors (Lipinski definition) is 0. The van der Waals surface area contributed by atoms with Gasteiger partial charge in [0.15, 0.2) is 0 Å². The van der Waals surface area contributed by atoms with Crippen LogP contribution < -0.4 is 59.1 Å². The minimum atomic E-state index is 0. The molecule has 1 atom stereocenters. The SMILES string of the molecule is O.O.[AsH3].[H-].[H-].[Na+].[Na+]. The Labute approximate surface area is 89.6 Å². The van der Waals surface area contributed by atoms with E-state index in [2.05, 4.69) is 0 Å². The quantitative estimate of drug-likeness (QED) is 0.317. The summed E-state index contributed by atoms with van der Waals surface area (Å²) in [7, 11) is 0. The van der Waals surface area contributed by atoms with Gasteiger partial charge in [-0.1, -0.05) is 0 Å². The van der Waals surface area contributed by atoms with E-state index < -0.39 is 0 Å². The average Bonchev–Trinajstić information content (AvgIpc) is 0. The minimum absolute atomic E-state index is 0. The molecule has 0 aromatic heterocycles. The molecule has 0 rings (SSSR count). The molecular weight excluding hydrogens is 153 g/mol. The molecule has 1 unspecified atom stereocenters. The summed E-state index contributed by atoms with van der Waals surface area (Å²) in [5.41, 5.74) is 0. The van der Waals surface area contributed by atoms with Crippen LogP contribution in [-0.2, 0) is 0 Å². The van der Waals surface area contributed by atoms with Gasteiger partial charge in [0.2, 0.25) is 0 Å². The van der Waals surface area contributed by atoms with E-state index in [0.29, 0.717) is 0 Å². The second-order valence-corrected chi connectivity index (χ2v) is 0. The first-order valence-corrected chi connectivity index (χ1v) is 0. The maximum atomic E-state index is 0. The third kappa shape index (κ3) is 21.2. The molecule has 0 aromatic carbocycles. The van der Waals surface area contributed by atoms with Crippen LogP contribution in [-0.4, -0.2) is 28.9 Å². The van der Waals surface area contributed by atoms with E-state index in [4.69, 9.17) is 0 Å². The van der Waals surface area contributed by atoms with E-state index in [1.54, 1.807) is 0 Å². The van der Waals surface area contributed by atoms with Gasteiger partial charge in [-0.05, 0) is 0 Å². The number of rotatable bonds is 0. The van der Waals surface area contributed by atoms with E-state index in [0.717, 1.165) is 0 Å². The van der Waals surface area contributed by atoms with Crippen molar-refractivity contribution in [3.05, 3.63) is 0 Å². The Hall–Kier alpha value is 2.48. The van der Waals surface area contributed by atoms with Crippen LogP contribution >= 0.6 is 0 Å². The summed E-state index contributed by atoms with van der Waals surface area (Å²) in [6, 6.07) is 0. The molecule has 0 spiro atoms. The van der Waals surface area contributed by atoms with E-state index in [9.17, 15) is 0 Å². The van der Waals surface area contributed by atoms with Crippen molar-refractivity contribution in [2.24, 2.45) is 0 Å². The molecule has 0 heterocycles. The van der Waals surface area contributed by atoms with Gasteiger partial charge in [-0.2, -0.15) is 0 Å². The van der Waals surface area contributed by atoms with Gasteiger partial charge >= 0.3 is 77.1 Å². The van der Waals surface area contributed by atoms with Crippen LogP contribution in [0.3, 0.4) is 0 Å². The Kier molecular flexibility index (Phi) is 323. The van der Waals surface area contributed by atoms with Crippen LogP contribution in [0.15, 0.2) is 0 Å². The van der Waals surface area contributed by atoms with Gasteiger partial charge < -0.3 is 13.8 Å². The van der Waals surface area contributed by atoms with Crippen molar-refractivity contribution in [3.63, 3.8) is 0 Å². The third-order valence-electron chi connectivity index (χ3n) is 0. The molecule has 0 aliphatic carbocycles. The summed E-state index contributed by atoms with van der Waals surface area (Å²) in [5.74, 6) is 0. The first-order chi connectivity index (χ1) is 0. The first kappa shape index (κ1) is 51.1. The summed E-state index contributed by atoms with van der Waals surface area (Å²) in [6.45, 7) is 0. The zero-order chi connectivity index (χ0) is 0. The Morgan fingerprint density at radius 1 is 0.800 bits per heavy atom. The van der Waals surface area contributed by atoms with E-state index in [1.807, 2.05) is 0 Å². The van der Waals surface area contributed by atoms with Crippen molar-refractivity contribution in [1.82, 2.24) is 0 Å². The van der Waals surface area contributed by atoms with E-state index in [-0.39, 0.29) is 90.9 Å². The molecule has 5 heavy (non-hydrogen) atoms. The van der Waals surface area contributed by atoms with Crippen molar-refractivity contribution in [2.75, 3.05) is 0 Å². The fraction of sp³-hybridized carbons (Fsp3) is 0. The largest absolute Gasteiger partial charge is 1.00 e. The van der Waals surface area contributed by atoms with Gasteiger partial charge in [-0.15, -0.1) is 0 Å². The van der Waals surface area contributed by atoms with Crippen LogP contribution in [0.4, 0.5) is 0 Å². The fourth-order valence-electron chi connectivity index (χ4n) is 0. The minimum Gasteiger partial charge on any atom is -1.00 e. The Bertz CT molecular complexity index is 13.7. The smallest absolute Gasteiger partial charge is 1.00 e. The van der Waals surface area contributed by atoms with E-state index >= 15 is 0 Å². The normalized spacial score (nSPS) is 0. The van der Waals surface area contributed by atoms with Crippen molar-refractivity contribution in [2.45, 2.75) is 0 Å². The van der Waals surface area contributed by atoms with Crippen LogP contribution in [0.25, 0.3) is 0 Å². The molecular formula is H9AsNa2O2. The van der Waals surface area contributed by atoms with Crippen LogP contribution in [0.5, 0.6) is 0 Å². The van der Waals surface area contributed by atoms with Gasteiger partial charge in [0.05, 0.1) is 0 Å². The monoisotopic (exact) mass is 162 g/mol. The Balaban J connectivity index is 0. The first-order valence-electron chi connectivity index (χ1n) is 0. The molecule has 0 radical (unpaired) electrons.